The fraction of sp³-hybridized carbons (Fsp3) is 1.00. The maximum absolute atomic E-state index is 9.20. The summed E-state index contributed by atoms with van der Waals surface area (Å²) in [5, 5.41) is 9.20. The second-order valence-corrected chi connectivity index (χ2v) is 13.6. The van der Waals surface area contributed by atoms with Crippen molar-refractivity contribution in [3.05, 3.63) is 0 Å². The lowest BCUT2D eigenvalue weighted by molar-refractivity contribution is 0.228. The standard InChI is InChI=1S/C5H12I2OS/c1-9(2,7)4-5(8)3-6/h5,8H,3-4H2,1-2H3. The highest BCUT2D eigenvalue weighted by molar-refractivity contribution is 14.2. The molecular formula is C5H12I2OS. The Morgan fingerprint density at radius 3 is 2.11 bits per heavy atom. The van der Waals surface area contributed by atoms with E-state index in [0.717, 1.165) is 10.2 Å². The number of aliphatic hydroxyl groups is 1. The molecule has 0 saturated carbocycles. The molecule has 0 aliphatic rings. The quantitative estimate of drug-likeness (QED) is 0.594. The van der Waals surface area contributed by atoms with Crippen molar-refractivity contribution in [2.75, 3.05) is 22.7 Å². The maximum atomic E-state index is 9.20. The number of halogens is 2. The van der Waals surface area contributed by atoms with Crippen molar-refractivity contribution in [1.29, 1.82) is 0 Å². The second kappa shape index (κ2) is 4.61. The van der Waals surface area contributed by atoms with Crippen LogP contribution in [0, 0.1) is 0 Å². The lowest BCUT2D eigenvalue weighted by Gasteiger charge is -2.24. The van der Waals surface area contributed by atoms with Crippen LogP contribution in [0.4, 0.5) is 0 Å². The topological polar surface area (TPSA) is 20.2 Å². The zero-order valence-electron chi connectivity index (χ0n) is 5.60. The van der Waals surface area contributed by atoms with Gasteiger partial charge in [-0.05, 0) is 33.7 Å². The lowest BCUT2D eigenvalue weighted by atomic mass is 10.5. The molecule has 4 heteroatoms. The number of hydrogen-bond donors (Lipinski definition) is 1. The van der Waals surface area contributed by atoms with Crippen molar-refractivity contribution in [1.82, 2.24) is 0 Å². The van der Waals surface area contributed by atoms with E-state index in [1.165, 1.54) is 0 Å². The van der Waals surface area contributed by atoms with Crippen LogP contribution in [0.25, 0.3) is 0 Å². The molecule has 9 heavy (non-hydrogen) atoms. The molecule has 0 aliphatic heterocycles. The first-order valence-corrected chi connectivity index (χ1v) is 9.29. The van der Waals surface area contributed by atoms with E-state index in [9.17, 15) is 5.11 Å². The van der Waals surface area contributed by atoms with E-state index in [4.69, 9.17) is 0 Å². The molecule has 0 heterocycles. The summed E-state index contributed by atoms with van der Waals surface area (Å²) in [6.45, 7) is 0. The molecular weight excluding hydrogens is 362 g/mol. The minimum Gasteiger partial charge on any atom is -0.392 e. The van der Waals surface area contributed by atoms with Crippen molar-refractivity contribution in [2.24, 2.45) is 0 Å². The summed E-state index contributed by atoms with van der Waals surface area (Å²) in [6.07, 6.45) is 4.33. The molecule has 0 aromatic heterocycles. The molecule has 0 rings (SSSR count). The van der Waals surface area contributed by atoms with Gasteiger partial charge in [0.15, 0.2) is 0 Å². The van der Waals surface area contributed by atoms with Crippen LogP contribution in [0.5, 0.6) is 0 Å². The fourth-order valence-electron chi connectivity index (χ4n) is 0.502. The van der Waals surface area contributed by atoms with E-state index in [2.05, 4.69) is 56.3 Å². The molecule has 0 fully saturated rings. The van der Waals surface area contributed by atoms with Crippen molar-refractivity contribution in [3.63, 3.8) is 0 Å². The average Bonchev–Trinajstić information content (AvgIpc) is 1.62. The molecule has 0 spiro atoms. The predicted molar refractivity (Wildman–Crippen MR) is 63.2 cm³/mol. The number of rotatable bonds is 3. The molecule has 0 aliphatic carbocycles. The van der Waals surface area contributed by atoms with Gasteiger partial charge in [0.05, 0.1) is 6.10 Å². The van der Waals surface area contributed by atoms with E-state index >= 15 is 0 Å². The van der Waals surface area contributed by atoms with Crippen LogP contribution in [0.15, 0.2) is 0 Å². The molecule has 1 unspecified atom stereocenters. The summed E-state index contributed by atoms with van der Waals surface area (Å²) >= 11 is 4.65. The van der Waals surface area contributed by atoms with Gasteiger partial charge in [0.25, 0.3) is 0 Å². The molecule has 0 amide bonds. The molecule has 0 aromatic rings. The van der Waals surface area contributed by atoms with E-state index < -0.39 is 7.20 Å². The number of aliphatic hydroxyl groups excluding tert-OH is 1. The van der Waals surface area contributed by atoms with Crippen LogP contribution < -0.4 is 0 Å². The molecule has 0 bridgehead atoms. The molecule has 0 aromatic carbocycles. The molecule has 58 valence electrons. The van der Waals surface area contributed by atoms with Gasteiger partial charge in [-0.1, -0.05) is 22.6 Å². The highest BCUT2D eigenvalue weighted by atomic mass is 127. The minimum absolute atomic E-state index is 0.0903. The normalized spacial score (nSPS) is 17.4. The van der Waals surface area contributed by atoms with Crippen molar-refractivity contribution in [3.8, 4) is 0 Å². The average molecular weight is 374 g/mol. The zero-order valence-corrected chi connectivity index (χ0v) is 10.7. The molecule has 1 N–H and O–H groups in total. The minimum atomic E-state index is -0.520. The van der Waals surface area contributed by atoms with Crippen molar-refractivity contribution in [2.45, 2.75) is 6.10 Å². The van der Waals surface area contributed by atoms with Gasteiger partial charge in [-0.2, -0.15) is 7.20 Å². The van der Waals surface area contributed by atoms with Crippen LogP contribution >= 0.6 is 51.0 Å². The van der Waals surface area contributed by atoms with Crippen molar-refractivity contribution >= 4 is 51.0 Å². The first kappa shape index (κ1) is 10.8. The summed E-state index contributed by atoms with van der Waals surface area (Å²) in [7, 11) is -0.520. The number of hydrogen-bond acceptors (Lipinski definition) is 1. The van der Waals surface area contributed by atoms with Gasteiger partial charge in [-0.3, -0.25) is 0 Å². The summed E-state index contributed by atoms with van der Waals surface area (Å²) in [5.41, 5.74) is 0. The largest absolute Gasteiger partial charge is 0.392 e. The summed E-state index contributed by atoms with van der Waals surface area (Å²) in [4.78, 5) is 0. The molecule has 0 saturated heterocycles. The van der Waals surface area contributed by atoms with Gasteiger partial charge in [0.2, 0.25) is 0 Å². The third kappa shape index (κ3) is 7.67. The third-order valence-electron chi connectivity index (χ3n) is 0.767. The first-order valence-electron chi connectivity index (χ1n) is 2.60. The van der Waals surface area contributed by atoms with Gasteiger partial charge in [-0.25, -0.2) is 0 Å². The Morgan fingerprint density at radius 2 is 2.00 bits per heavy atom. The summed E-state index contributed by atoms with van der Waals surface area (Å²) in [6, 6.07) is 0. The third-order valence-corrected chi connectivity index (χ3v) is 4.04. The Hall–Kier alpha value is 1.77. The number of alkyl halides is 1. The summed E-state index contributed by atoms with van der Waals surface area (Å²) < 4.78 is 0.858. The Labute approximate surface area is 84.0 Å². The second-order valence-electron chi connectivity index (χ2n) is 2.38. The first-order chi connectivity index (χ1) is 3.95. The van der Waals surface area contributed by atoms with Gasteiger partial charge in [-0.15, -0.1) is 0 Å². The zero-order chi connectivity index (χ0) is 7.49. The fourth-order valence-corrected chi connectivity index (χ4v) is 3.51. The Kier molecular flexibility index (Phi) is 5.51. The molecule has 1 nitrogen and oxygen atoms in total. The summed E-state index contributed by atoms with van der Waals surface area (Å²) in [5.74, 6) is 0.969. The Balaban J connectivity index is 3.47. The van der Waals surface area contributed by atoms with E-state index in [-0.39, 0.29) is 6.10 Å². The van der Waals surface area contributed by atoms with E-state index in [1.54, 1.807) is 0 Å². The van der Waals surface area contributed by atoms with Crippen LogP contribution in [-0.2, 0) is 0 Å². The Bertz CT molecular complexity index is 81.5. The van der Waals surface area contributed by atoms with E-state index in [1.807, 2.05) is 0 Å². The molecule has 1 atom stereocenters. The predicted octanol–water partition coefficient (Wildman–Crippen LogP) is 2.20. The maximum Gasteiger partial charge on any atom is 0.0711 e. The van der Waals surface area contributed by atoms with Crippen molar-refractivity contribution < 1.29 is 5.11 Å². The SMILES string of the molecule is CS(C)(I)CC(O)CI. The van der Waals surface area contributed by atoms with Crippen LogP contribution in [0.1, 0.15) is 0 Å². The van der Waals surface area contributed by atoms with Gasteiger partial charge >= 0.3 is 0 Å². The van der Waals surface area contributed by atoms with Gasteiger partial charge in [0, 0.05) is 10.2 Å². The monoisotopic (exact) mass is 374 g/mol. The van der Waals surface area contributed by atoms with Crippen LogP contribution in [0.3, 0.4) is 0 Å². The van der Waals surface area contributed by atoms with Crippen LogP contribution in [-0.4, -0.2) is 33.9 Å². The highest BCUT2D eigenvalue weighted by Gasteiger charge is 2.11. The lowest BCUT2D eigenvalue weighted by Crippen LogP contribution is -2.15. The molecule has 0 radical (unpaired) electrons. The Morgan fingerprint density at radius 1 is 1.56 bits per heavy atom. The van der Waals surface area contributed by atoms with Crippen LogP contribution in [0.2, 0.25) is 0 Å². The highest BCUT2D eigenvalue weighted by Crippen LogP contribution is 2.49. The smallest absolute Gasteiger partial charge is 0.0711 e. The van der Waals surface area contributed by atoms with Gasteiger partial charge < -0.3 is 5.11 Å². The van der Waals surface area contributed by atoms with Gasteiger partial charge in [0.1, 0.15) is 0 Å². The van der Waals surface area contributed by atoms with E-state index in [0.29, 0.717) is 0 Å².